The lowest BCUT2D eigenvalue weighted by Gasteiger charge is -2.35. The number of terminal acetylenes is 1. The summed E-state index contributed by atoms with van der Waals surface area (Å²) < 4.78 is 5.26. The number of ether oxygens (including phenoxy) is 1. The van der Waals surface area contributed by atoms with Gasteiger partial charge in [0.2, 0.25) is 0 Å². The van der Waals surface area contributed by atoms with Crippen LogP contribution in [0.1, 0.15) is 38.7 Å². The second-order valence-electron chi connectivity index (χ2n) is 7.01. The highest BCUT2D eigenvalue weighted by Gasteiger charge is 2.23. The van der Waals surface area contributed by atoms with Gasteiger partial charge >= 0.3 is 0 Å². The van der Waals surface area contributed by atoms with Crippen molar-refractivity contribution >= 4 is 5.82 Å². The van der Waals surface area contributed by atoms with Gasteiger partial charge in [-0.3, -0.25) is 4.90 Å². The summed E-state index contributed by atoms with van der Waals surface area (Å²) in [5.74, 6) is 4.59. The van der Waals surface area contributed by atoms with E-state index in [4.69, 9.17) is 16.1 Å². The third-order valence-corrected chi connectivity index (χ3v) is 4.00. The van der Waals surface area contributed by atoms with E-state index in [1.807, 2.05) is 0 Å². The topological polar surface area (TPSA) is 41.5 Å². The molecule has 0 unspecified atom stereocenters. The maximum Gasteiger partial charge on any atom is 0.136 e. The van der Waals surface area contributed by atoms with Crippen molar-refractivity contribution in [3.05, 3.63) is 17.6 Å². The molecule has 0 radical (unpaired) electrons. The molecule has 0 spiro atoms. The van der Waals surface area contributed by atoms with Crippen LogP contribution in [-0.4, -0.2) is 54.7 Å². The van der Waals surface area contributed by atoms with Gasteiger partial charge in [-0.25, -0.2) is 9.97 Å². The Morgan fingerprint density at radius 1 is 1.22 bits per heavy atom. The first-order chi connectivity index (χ1) is 10.9. The minimum Gasteiger partial charge on any atom is -0.378 e. The van der Waals surface area contributed by atoms with Gasteiger partial charge in [0.05, 0.1) is 12.3 Å². The summed E-state index contributed by atoms with van der Waals surface area (Å²) in [7, 11) is 1.70. The van der Waals surface area contributed by atoms with Crippen molar-refractivity contribution in [1.29, 1.82) is 0 Å². The summed E-state index contributed by atoms with van der Waals surface area (Å²) >= 11 is 0. The van der Waals surface area contributed by atoms with Crippen LogP contribution in [0.4, 0.5) is 5.82 Å². The molecule has 2 heterocycles. The van der Waals surface area contributed by atoms with Gasteiger partial charge in [0, 0.05) is 57.7 Å². The quantitative estimate of drug-likeness (QED) is 0.778. The van der Waals surface area contributed by atoms with Crippen LogP contribution >= 0.6 is 0 Å². The van der Waals surface area contributed by atoms with Crippen molar-refractivity contribution in [2.75, 3.05) is 44.7 Å². The number of methoxy groups -OCH3 is 1. The second kappa shape index (κ2) is 7.76. The van der Waals surface area contributed by atoms with Crippen molar-refractivity contribution in [1.82, 2.24) is 14.9 Å². The van der Waals surface area contributed by atoms with Gasteiger partial charge in [-0.05, 0) is 0 Å². The number of piperazine rings is 1. The summed E-state index contributed by atoms with van der Waals surface area (Å²) in [6.45, 7) is 11.9. The van der Waals surface area contributed by atoms with Gasteiger partial charge < -0.3 is 9.64 Å². The van der Waals surface area contributed by atoms with Crippen LogP contribution < -0.4 is 4.90 Å². The van der Waals surface area contributed by atoms with E-state index in [9.17, 15) is 0 Å². The molecule has 0 atom stereocenters. The summed E-state index contributed by atoms with van der Waals surface area (Å²) in [4.78, 5) is 14.2. The van der Waals surface area contributed by atoms with Crippen molar-refractivity contribution < 1.29 is 4.74 Å². The minimum absolute atomic E-state index is 0.0763. The van der Waals surface area contributed by atoms with E-state index in [1.165, 1.54) is 0 Å². The standard InChI is InChI=1S/C18H28N4O/c1-6-7-8-21-9-11-22(12-10-21)16-13-15(14-23-5)19-17(20-16)18(2,3)4/h1,13H,7-12,14H2,2-5H3. The second-order valence-corrected chi connectivity index (χ2v) is 7.01. The first kappa shape index (κ1) is 17.7. The molecule has 0 saturated carbocycles. The molecule has 0 amide bonds. The van der Waals surface area contributed by atoms with Crippen LogP contribution in [-0.2, 0) is 16.8 Å². The molecular weight excluding hydrogens is 288 g/mol. The third kappa shape index (κ3) is 4.92. The number of hydrogen-bond donors (Lipinski definition) is 0. The predicted molar refractivity (Wildman–Crippen MR) is 93.5 cm³/mol. The van der Waals surface area contributed by atoms with E-state index in [1.54, 1.807) is 7.11 Å². The summed E-state index contributed by atoms with van der Waals surface area (Å²) in [5, 5.41) is 0. The van der Waals surface area contributed by atoms with Crippen LogP contribution in [0, 0.1) is 12.3 Å². The first-order valence-corrected chi connectivity index (χ1v) is 8.22. The molecule has 5 nitrogen and oxygen atoms in total. The number of hydrogen-bond acceptors (Lipinski definition) is 5. The van der Waals surface area contributed by atoms with Gasteiger partial charge in [-0.1, -0.05) is 20.8 Å². The van der Waals surface area contributed by atoms with Crippen LogP contribution in [0.15, 0.2) is 6.07 Å². The molecule has 126 valence electrons. The molecule has 1 aromatic heterocycles. The Morgan fingerprint density at radius 3 is 2.48 bits per heavy atom. The van der Waals surface area contributed by atoms with Gasteiger partial charge in [0.1, 0.15) is 11.6 Å². The van der Waals surface area contributed by atoms with Crippen LogP contribution in [0.25, 0.3) is 0 Å². The van der Waals surface area contributed by atoms with E-state index in [-0.39, 0.29) is 5.41 Å². The number of anilines is 1. The summed E-state index contributed by atoms with van der Waals surface area (Å²) in [6, 6.07) is 2.05. The maximum absolute atomic E-state index is 5.35. The number of aromatic nitrogens is 2. The molecule has 5 heteroatoms. The number of rotatable bonds is 5. The lowest BCUT2D eigenvalue weighted by molar-refractivity contribution is 0.181. The third-order valence-electron chi connectivity index (χ3n) is 4.00. The average molecular weight is 316 g/mol. The van der Waals surface area contributed by atoms with E-state index >= 15 is 0 Å². The molecule has 23 heavy (non-hydrogen) atoms. The van der Waals surface area contributed by atoms with Gasteiger partial charge in [0.15, 0.2) is 0 Å². The summed E-state index contributed by atoms with van der Waals surface area (Å²) in [6.07, 6.45) is 6.17. The first-order valence-electron chi connectivity index (χ1n) is 8.22. The number of nitrogens with zero attached hydrogens (tertiary/aromatic N) is 4. The highest BCUT2D eigenvalue weighted by molar-refractivity contribution is 5.41. The Bertz CT molecular complexity index is 551. The van der Waals surface area contributed by atoms with Crippen molar-refractivity contribution in [3.63, 3.8) is 0 Å². The fourth-order valence-corrected chi connectivity index (χ4v) is 2.63. The highest BCUT2D eigenvalue weighted by atomic mass is 16.5. The molecule has 1 aliphatic heterocycles. The van der Waals surface area contributed by atoms with Crippen LogP contribution in [0.5, 0.6) is 0 Å². The van der Waals surface area contributed by atoms with Crippen molar-refractivity contribution in [2.45, 2.75) is 39.2 Å². The minimum atomic E-state index is -0.0763. The van der Waals surface area contributed by atoms with Crippen LogP contribution in [0.3, 0.4) is 0 Å². The maximum atomic E-state index is 5.35. The molecule has 2 rings (SSSR count). The fourth-order valence-electron chi connectivity index (χ4n) is 2.63. The zero-order valence-corrected chi connectivity index (χ0v) is 14.8. The molecule has 1 aromatic rings. The molecule has 0 aliphatic carbocycles. The lowest BCUT2D eigenvalue weighted by Crippen LogP contribution is -2.47. The van der Waals surface area contributed by atoms with Crippen LogP contribution in [0.2, 0.25) is 0 Å². The predicted octanol–water partition coefficient (Wildman–Crippen LogP) is 2.07. The molecule has 0 aromatic carbocycles. The molecular formula is C18H28N4O. The van der Waals surface area contributed by atoms with E-state index in [0.29, 0.717) is 6.61 Å². The zero-order valence-electron chi connectivity index (χ0n) is 14.8. The van der Waals surface area contributed by atoms with Gasteiger partial charge in [0.25, 0.3) is 0 Å². The monoisotopic (exact) mass is 316 g/mol. The fraction of sp³-hybridized carbons (Fsp3) is 0.667. The van der Waals surface area contributed by atoms with E-state index in [0.717, 1.165) is 56.5 Å². The Morgan fingerprint density at radius 2 is 1.91 bits per heavy atom. The molecule has 1 fully saturated rings. The zero-order chi connectivity index (χ0) is 16.9. The molecule has 0 bridgehead atoms. The normalized spacial score (nSPS) is 16.4. The highest BCUT2D eigenvalue weighted by Crippen LogP contribution is 2.23. The Kier molecular flexibility index (Phi) is 5.97. The smallest absolute Gasteiger partial charge is 0.136 e. The Hall–Kier alpha value is -1.64. The SMILES string of the molecule is C#CCCN1CCN(c2cc(COC)nc(C(C)(C)C)n2)CC1. The van der Waals surface area contributed by atoms with Crippen molar-refractivity contribution in [2.24, 2.45) is 0 Å². The average Bonchev–Trinajstić information content (AvgIpc) is 2.52. The Labute approximate surface area is 140 Å². The Balaban J connectivity index is 2.13. The summed E-state index contributed by atoms with van der Waals surface area (Å²) in [5.41, 5.74) is 0.866. The lowest BCUT2D eigenvalue weighted by atomic mass is 9.95. The molecule has 0 N–H and O–H groups in total. The largest absolute Gasteiger partial charge is 0.378 e. The van der Waals surface area contributed by atoms with E-state index in [2.05, 4.69) is 47.5 Å². The van der Waals surface area contributed by atoms with Crippen molar-refractivity contribution in [3.8, 4) is 12.3 Å². The molecule has 1 saturated heterocycles. The van der Waals surface area contributed by atoms with Gasteiger partial charge in [-0.15, -0.1) is 12.3 Å². The van der Waals surface area contributed by atoms with E-state index < -0.39 is 0 Å². The van der Waals surface area contributed by atoms with Gasteiger partial charge in [-0.2, -0.15) is 0 Å². The molecule has 1 aliphatic rings.